The number of hydrogen-bond donors (Lipinski definition) is 0. The molecule has 0 atom stereocenters. The second-order valence-electron chi connectivity index (χ2n) is 3.48. The molecule has 0 unspecified atom stereocenters. The maximum Gasteiger partial charge on any atom is 0.387 e. The van der Waals surface area contributed by atoms with Crippen LogP contribution in [0.5, 0.6) is 5.75 Å². The molecular weight excluding hydrogens is 264 g/mol. The molecule has 0 aromatic heterocycles. The number of rotatable bonds is 6. The first-order valence-corrected chi connectivity index (χ1v) is 6.02. The first-order valence-electron chi connectivity index (χ1n) is 5.48. The molecular formula is C12H14ClF2NO2. The van der Waals surface area contributed by atoms with Crippen molar-refractivity contribution in [3.05, 3.63) is 29.8 Å². The molecule has 1 aromatic rings. The molecule has 0 fully saturated rings. The first kappa shape index (κ1) is 14.7. The zero-order valence-electron chi connectivity index (χ0n) is 9.91. The third-order valence-electron chi connectivity index (χ3n) is 2.33. The number of alkyl halides is 3. The average molecular weight is 278 g/mol. The van der Waals surface area contributed by atoms with Crippen molar-refractivity contribution in [1.82, 2.24) is 4.90 Å². The van der Waals surface area contributed by atoms with Crippen molar-refractivity contribution in [3.63, 3.8) is 0 Å². The molecule has 1 amide bonds. The van der Waals surface area contributed by atoms with Crippen LogP contribution in [0.4, 0.5) is 8.78 Å². The summed E-state index contributed by atoms with van der Waals surface area (Å²) < 4.78 is 28.4. The van der Waals surface area contributed by atoms with Crippen LogP contribution in [-0.2, 0) is 0 Å². The fraction of sp³-hybridized carbons (Fsp3) is 0.417. The molecule has 0 aliphatic carbocycles. The second-order valence-corrected chi connectivity index (χ2v) is 3.86. The Bertz CT molecular complexity index is 401. The lowest BCUT2D eigenvalue weighted by Gasteiger charge is -2.19. The van der Waals surface area contributed by atoms with Gasteiger partial charge in [-0.25, -0.2) is 0 Å². The van der Waals surface area contributed by atoms with Crippen molar-refractivity contribution in [1.29, 1.82) is 0 Å². The number of hydrogen-bond acceptors (Lipinski definition) is 2. The Kier molecular flexibility index (Phi) is 5.85. The molecule has 0 radical (unpaired) electrons. The minimum absolute atomic E-state index is 0.0298. The Morgan fingerprint density at radius 2 is 2.22 bits per heavy atom. The molecule has 1 rings (SSSR count). The predicted octanol–water partition coefficient (Wildman–Crippen LogP) is 2.99. The monoisotopic (exact) mass is 277 g/mol. The average Bonchev–Trinajstić information content (AvgIpc) is 2.34. The van der Waals surface area contributed by atoms with Crippen LogP contribution in [0.25, 0.3) is 0 Å². The minimum Gasteiger partial charge on any atom is -0.435 e. The number of ether oxygens (including phenoxy) is 1. The van der Waals surface area contributed by atoms with Crippen LogP contribution < -0.4 is 4.74 Å². The molecule has 3 nitrogen and oxygen atoms in total. The van der Waals surface area contributed by atoms with E-state index < -0.39 is 6.61 Å². The van der Waals surface area contributed by atoms with E-state index in [-0.39, 0.29) is 11.7 Å². The van der Waals surface area contributed by atoms with Gasteiger partial charge in [0.2, 0.25) is 0 Å². The van der Waals surface area contributed by atoms with Gasteiger partial charge in [0.1, 0.15) is 5.75 Å². The summed E-state index contributed by atoms with van der Waals surface area (Å²) in [5.41, 5.74) is 0.306. The summed E-state index contributed by atoms with van der Waals surface area (Å²) in [5.74, 6) is 0.0444. The summed E-state index contributed by atoms with van der Waals surface area (Å²) in [6.07, 6.45) is 0. The van der Waals surface area contributed by atoms with Crippen molar-refractivity contribution in [2.75, 3.05) is 19.0 Å². The van der Waals surface area contributed by atoms with Crippen LogP contribution in [0.1, 0.15) is 17.3 Å². The maximum absolute atomic E-state index is 12.1. The smallest absolute Gasteiger partial charge is 0.387 e. The van der Waals surface area contributed by atoms with Gasteiger partial charge < -0.3 is 9.64 Å². The molecule has 0 N–H and O–H groups in total. The van der Waals surface area contributed by atoms with Gasteiger partial charge in [0, 0.05) is 24.5 Å². The lowest BCUT2D eigenvalue weighted by atomic mass is 10.2. The highest BCUT2D eigenvalue weighted by Gasteiger charge is 2.14. The van der Waals surface area contributed by atoms with E-state index in [2.05, 4.69) is 4.74 Å². The molecule has 0 aliphatic heterocycles. The van der Waals surface area contributed by atoms with Gasteiger partial charge in [-0.1, -0.05) is 6.07 Å². The van der Waals surface area contributed by atoms with E-state index in [1.54, 1.807) is 6.07 Å². The van der Waals surface area contributed by atoms with E-state index >= 15 is 0 Å². The van der Waals surface area contributed by atoms with E-state index in [1.165, 1.54) is 23.1 Å². The fourth-order valence-electron chi connectivity index (χ4n) is 1.49. The molecule has 0 saturated heterocycles. The lowest BCUT2D eigenvalue weighted by molar-refractivity contribution is -0.0499. The van der Waals surface area contributed by atoms with Gasteiger partial charge in [0.25, 0.3) is 5.91 Å². The van der Waals surface area contributed by atoms with Gasteiger partial charge in [-0.05, 0) is 25.1 Å². The van der Waals surface area contributed by atoms with Crippen LogP contribution in [0, 0.1) is 0 Å². The minimum atomic E-state index is -2.90. The van der Waals surface area contributed by atoms with Gasteiger partial charge in [0.05, 0.1) is 0 Å². The molecule has 0 aliphatic rings. The predicted molar refractivity (Wildman–Crippen MR) is 65.4 cm³/mol. The van der Waals surface area contributed by atoms with Crippen LogP contribution in [0.3, 0.4) is 0 Å². The molecule has 0 saturated carbocycles. The maximum atomic E-state index is 12.1. The molecule has 0 bridgehead atoms. The largest absolute Gasteiger partial charge is 0.435 e. The highest BCUT2D eigenvalue weighted by Crippen LogP contribution is 2.17. The number of halogens is 3. The van der Waals surface area contributed by atoms with Gasteiger partial charge in [0.15, 0.2) is 0 Å². The summed E-state index contributed by atoms with van der Waals surface area (Å²) in [4.78, 5) is 13.6. The van der Waals surface area contributed by atoms with Crippen molar-refractivity contribution in [2.45, 2.75) is 13.5 Å². The Morgan fingerprint density at radius 3 is 2.78 bits per heavy atom. The zero-order valence-corrected chi connectivity index (χ0v) is 10.7. The van der Waals surface area contributed by atoms with Gasteiger partial charge in [-0.15, -0.1) is 11.6 Å². The number of carbonyl (C=O) groups excluding carboxylic acids is 1. The standard InChI is InChI=1S/C12H14ClF2NO2/c1-2-16(7-6-13)11(17)9-4-3-5-10(8-9)18-12(14)15/h3-5,8,12H,2,6-7H2,1H3. The highest BCUT2D eigenvalue weighted by atomic mass is 35.5. The molecule has 100 valence electrons. The summed E-state index contributed by atoms with van der Waals surface area (Å²) in [7, 11) is 0. The van der Waals surface area contributed by atoms with E-state index in [1.807, 2.05) is 6.92 Å². The molecule has 0 spiro atoms. The lowest BCUT2D eigenvalue weighted by Crippen LogP contribution is -2.32. The fourth-order valence-corrected chi connectivity index (χ4v) is 1.70. The Balaban J connectivity index is 2.84. The topological polar surface area (TPSA) is 29.5 Å². The SMILES string of the molecule is CCN(CCCl)C(=O)c1cccc(OC(F)F)c1. The van der Waals surface area contributed by atoms with Crippen LogP contribution in [0.15, 0.2) is 24.3 Å². The van der Waals surface area contributed by atoms with Crippen LogP contribution in [0.2, 0.25) is 0 Å². The number of benzene rings is 1. The quantitative estimate of drug-likeness (QED) is 0.748. The second kappa shape index (κ2) is 7.16. The Labute approximate surface area is 109 Å². The van der Waals surface area contributed by atoms with Crippen molar-refractivity contribution in [3.8, 4) is 5.75 Å². The molecule has 0 heterocycles. The normalized spacial score (nSPS) is 10.5. The van der Waals surface area contributed by atoms with Gasteiger partial charge in [-0.3, -0.25) is 4.79 Å². The number of nitrogens with zero attached hydrogens (tertiary/aromatic N) is 1. The zero-order chi connectivity index (χ0) is 13.5. The van der Waals surface area contributed by atoms with E-state index in [9.17, 15) is 13.6 Å². The highest BCUT2D eigenvalue weighted by molar-refractivity contribution is 6.18. The molecule has 1 aromatic carbocycles. The summed E-state index contributed by atoms with van der Waals surface area (Å²) >= 11 is 5.59. The van der Waals surface area contributed by atoms with Crippen LogP contribution >= 0.6 is 11.6 Å². The molecule has 18 heavy (non-hydrogen) atoms. The summed E-state index contributed by atoms with van der Waals surface area (Å²) in [5, 5.41) is 0. The number of amides is 1. The van der Waals surface area contributed by atoms with Crippen molar-refractivity contribution < 1.29 is 18.3 Å². The van der Waals surface area contributed by atoms with E-state index in [0.29, 0.717) is 24.5 Å². The van der Waals surface area contributed by atoms with E-state index in [4.69, 9.17) is 11.6 Å². The van der Waals surface area contributed by atoms with Crippen molar-refractivity contribution >= 4 is 17.5 Å². The third kappa shape index (κ3) is 4.14. The number of carbonyl (C=O) groups is 1. The van der Waals surface area contributed by atoms with E-state index in [0.717, 1.165) is 0 Å². The summed E-state index contributed by atoms with van der Waals surface area (Å²) in [6, 6.07) is 5.73. The van der Waals surface area contributed by atoms with Gasteiger partial charge >= 0.3 is 6.61 Å². The third-order valence-corrected chi connectivity index (χ3v) is 2.50. The van der Waals surface area contributed by atoms with Crippen molar-refractivity contribution in [2.24, 2.45) is 0 Å². The first-order chi connectivity index (χ1) is 8.58. The summed E-state index contributed by atoms with van der Waals surface area (Å²) in [6.45, 7) is -0.160. The van der Waals surface area contributed by atoms with Crippen LogP contribution in [-0.4, -0.2) is 36.4 Å². The van der Waals surface area contributed by atoms with Gasteiger partial charge in [-0.2, -0.15) is 8.78 Å². The molecule has 6 heteroatoms. The Morgan fingerprint density at radius 1 is 1.50 bits per heavy atom. The Hall–Kier alpha value is -1.36.